The maximum atomic E-state index is 12.4. The third-order valence-electron chi connectivity index (χ3n) is 3.91. The summed E-state index contributed by atoms with van der Waals surface area (Å²) >= 11 is 7.32. The predicted molar refractivity (Wildman–Crippen MR) is 92.4 cm³/mol. The van der Waals surface area contributed by atoms with Gasteiger partial charge in [-0.05, 0) is 35.7 Å². The molecule has 1 saturated heterocycles. The van der Waals surface area contributed by atoms with Crippen LogP contribution in [0.5, 0.6) is 0 Å². The van der Waals surface area contributed by atoms with Crippen LogP contribution < -0.4 is 0 Å². The smallest absolute Gasteiger partial charge is 0.253 e. The zero-order valence-electron chi connectivity index (χ0n) is 12.6. The summed E-state index contributed by atoms with van der Waals surface area (Å²) in [5.41, 5.74) is 0.650. The van der Waals surface area contributed by atoms with Gasteiger partial charge in [-0.2, -0.15) is 0 Å². The van der Waals surface area contributed by atoms with Gasteiger partial charge in [0.25, 0.3) is 5.91 Å². The molecule has 1 aliphatic heterocycles. The standard InChI is InChI=1S/C17H17ClN2O2S/c18-14-5-3-13(4-6-14)17(22)20-9-7-19(8-10-20)12-15(21)16-2-1-11-23-16/h1-6,11H,7-10,12H2. The first kappa shape index (κ1) is 16.2. The molecule has 120 valence electrons. The molecule has 0 saturated carbocycles. The van der Waals surface area contributed by atoms with Crippen LogP contribution in [0.25, 0.3) is 0 Å². The number of benzene rings is 1. The first-order chi connectivity index (χ1) is 11.1. The Balaban J connectivity index is 1.53. The van der Waals surface area contributed by atoms with Crippen molar-refractivity contribution in [2.75, 3.05) is 32.7 Å². The molecule has 0 unspecified atom stereocenters. The summed E-state index contributed by atoms with van der Waals surface area (Å²) < 4.78 is 0. The van der Waals surface area contributed by atoms with Crippen molar-refractivity contribution in [1.29, 1.82) is 0 Å². The molecule has 23 heavy (non-hydrogen) atoms. The summed E-state index contributed by atoms with van der Waals surface area (Å²) in [7, 11) is 0. The number of hydrogen-bond donors (Lipinski definition) is 0. The third kappa shape index (κ3) is 3.99. The Bertz CT molecular complexity index is 677. The summed E-state index contributed by atoms with van der Waals surface area (Å²) in [6.07, 6.45) is 0. The average molecular weight is 349 g/mol. The summed E-state index contributed by atoms with van der Waals surface area (Å²) in [5, 5.41) is 2.54. The van der Waals surface area contributed by atoms with Gasteiger partial charge in [0.2, 0.25) is 0 Å². The maximum Gasteiger partial charge on any atom is 0.253 e. The van der Waals surface area contributed by atoms with E-state index in [1.165, 1.54) is 11.3 Å². The van der Waals surface area contributed by atoms with E-state index in [1.54, 1.807) is 24.3 Å². The number of carbonyl (C=O) groups is 2. The Morgan fingerprint density at radius 2 is 1.74 bits per heavy atom. The lowest BCUT2D eigenvalue weighted by Gasteiger charge is -2.34. The van der Waals surface area contributed by atoms with Gasteiger partial charge >= 0.3 is 0 Å². The fraction of sp³-hybridized carbons (Fsp3) is 0.294. The summed E-state index contributed by atoms with van der Waals surface area (Å²) in [6.45, 7) is 3.13. The van der Waals surface area contributed by atoms with Gasteiger partial charge in [-0.15, -0.1) is 11.3 Å². The first-order valence-corrected chi connectivity index (χ1v) is 8.73. The van der Waals surface area contributed by atoms with E-state index in [2.05, 4.69) is 4.90 Å². The van der Waals surface area contributed by atoms with Crippen LogP contribution in [0.1, 0.15) is 20.0 Å². The van der Waals surface area contributed by atoms with Crippen molar-refractivity contribution < 1.29 is 9.59 Å². The molecular weight excluding hydrogens is 332 g/mol. The van der Waals surface area contributed by atoms with E-state index in [9.17, 15) is 9.59 Å². The number of hydrogen-bond acceptors (Lipinski definition) is 4. The minimum atomic E-state index is 0.0194. The Morgan fingerprint density at radius 1 is 1.04 bits per heavy atom. The summed E-state index contributed by atoms with van der Waals surface area (Å²) in [4.78, 5) is 29.3. The van der Waals surface area contributed by atoms with E-state index < -0.39 is 0 Å². The van der Waals surface area contributed by atoms with Crippen LogP contribution in [-0.2, 0) is 0 Å². The number of Topliss-reactive ketones (excluding diaryl/α,β-unsaturated/α-hetero) is 1. The molecule has 1 aliphatic rings. The van der Waals surface area contributed by atoms with Gasteiger partial charge in [0, 0.05) is 36.8 Å². The molecule has 0 aliphatic carbocycles. The average Bonchev–Trinajstić information content (AvgIpc) is 3.10. The second-order valence-electron chi connectivity index (χ2n) is 5.48. The van der Waals surface area contributed by atoms with E-state index >= 15 is 0 Å². The fourth-order valence-corrected chi connectivity index (χ4v) is 3.39. The topological polar surface area (TPSA) is 40.6 Å². The van der Waals surface area contributed by atoms with Crippen molar-refractivity contribution in [3.63, 3.8) is 0 Å². The SMILES string of the molecule is O=C(CN1CCN(C(=O)c2ccc(Cl)cc2)CC1)c1cccs1. The molecule has 0 atom stereocenters. The minimum Gasteiger partial charge on any atom is -0.336 e. The van der Waals surface area contributed by atoms with E-state index in [0.29, 0.717) is 30.2 Å². The van der Waals surface area contributed by atoms with Gasteiger partial charge in [0.05, 0.1) is 11.4 Å². The van der Waals surface area contributed by atoms with Crippen molar-refractivity contribution in [2.24, 2.45) is 0 Å². The molecule has 1 fully saturated rings. The maximum absolute atomic E-state index is 12.4. The van der Waals surface area contributed by atoms with Crippen LogP contribution in [0.2, 0.25) is 5.02 Å². The number of ketones is 1. The second kappa shape index (κ2) is 7.25. The van der Waals surface area contributed by atoms with Gasteiger partial charge in [0.1, 0.15) is 0 Å². The molecule has 2 aromatic rings. The number of thiophene rings is 1. The lowest BCUT2D eigenvalue weighted by Crippen LogP contribution is -2.49. The molecule has 1 aromatic carbocycles. The molecule has 4 nitrogen and oxygen atoms in total. The highest BCUT2D eigenvalue weighted by Gasteiger charge is 2.23. The molecule has 0 N–H and O–H groups in total. The highest BCUT2D eigenvalue weighted by molar-refractivity contribution is 7.12. The Kier molecular flexibility index (Phi) is 5.10. The molecule has 0 bridgehead atoms. The zero-order chi connectivity index (χ0) is 16.2. The Hall–Kier alpha value is -1.69. The lowest BCUT2D eigenvalue weighted by atomic mass is 10.2. The van der Waals surface area contributed by atoms with E-state index in [0.717, 1.165) is 18.0 Å². The summed E-state index contributed by atoms with van der Waals surface area (Å²) in [6, 6.07) is 10.7. The Labute approximate surface area is 144 Å². The lowest BCUT2D eigenvalue weighted by molar-refractivity contribution is 0.0625. The van der Waals surface area contributed by atoms with Gasteiger partial charge in [-0.25, -0.2) is 0 Å². The van der Waals surface area contributed by atoms with Crippen LogP contribution in [-0.4, -0.2) is 54.2 Å². The van der Waals surface area contributed by atoms with Crippen LogP contribution >= 0.6 is 22.9 Å². The number of carbonyl (C=O) groups excluding carboxylic acids is 2. The fourth-order valence-electron chi connectivity index (χ4n) is 2.60. The van der Waals surface area contributed by atoms with Gasteiger partial charge < -0.3 is 4.90 Å². The molecule has 1 aromatic heterocycles. The third-order valence-corrected chi connectivity index (χ3v) is 5.08. The molecule has 2 heterocycles. The van der Waals surface area contributed by atoms with Crippen molar-refractivity contribution in [3.8, 4) is 0 Å². The van der Waals surface area contributed by atoms with Crippen LogP contribution in [0.3, 0.4) is 0 Å². The first-order valence-electron chi connectivity index (χ1n) is 7.47. The van der Waals surface area contributed by atoms with Crippen molar-refractivity contribution >= 4 is 34.6 Å². The quantitative estimate of drug-likeness (QED) is 0.797. The van der Waals surface area contributed by atoms with Crippen molar-refractivity contribution in [1.82, 2.24) is 9.80 Å². The van der Waals surface area contributed by atoms with Crippen molar-refractivity contribution in [3.05, 3.63) is 57.2 Å². The molecule has 3 rings (SSSR count). The van der Waals surface area contributed by atoms with E-state index in [4.69, 9.17) is 11.6 Å². The summed E-state index contributed by atoms with van der Waals surface area (Å²) in [5.74, 6) is 0.170. The second-order valence-corrected chi connectivity index (χ2v) is 6.86. The molecular formula is C17H17ClN2O2S. The molecule has 6 heteroatoms. The van der Waals surface area contributed by atoms with Crippen LogP contribution in [0, 0.1) is 0 Å². The predicted octanol–water partition coefficient (Wildman–Crippen LogP) is 3.04. The number of nitrogens with zero attached hydrogens (tertiary/aromatic N) is 2. The monoisotopic (exact) mass is 348 g/mol. The number of rotatable bonds is 4. The number of halogens is 1. The zero-order valence-corrected chi connectivity index (χ0v) is 14.1. The molecule has 0 radical (unpaired) electrons. The number of amides is 1. The Morgan fingerprint density at radius 3 is 2.35 bits per heavy atom. The van der Waals surface area contributed by atoms with E-state index in [-0.39, 0.29) is 11.7 Å². The molecule has 0 spiro atoms. The van der Waals surface area contributed by atoms with Gasteiger partial charge in [0.15, 0.2) is 5.78 Å². The van der Waals surface area contributed by atoms with Gasteiger partial charge in [-0.3, -0.25) is 14.5 Å². The largest absolute Gasteiger partial charge is 0.336 e. The number of piperazine rings is 1. The van der Waals surface area contributed by atoms with Gasteiger partial charge in [-0.1, -0.05) is 17.7 Å². The molecule has 1 amide bonds. The highest BCUT2D eigenvalue weighted by Crippen LogP contribution is 2.14. The highest BCUT2D eigenvalue weighted by atomic mass is 35.5. The van der Waals surface area contributed by atoms with E-state index in [1.807, 2.05) is 22.4 Å². The van der Waals surface area contributed by atoms with Crippen molar-refractivity contribution in [2.45, 2.75) is 0 Å². The van der Waals surface area contributed by atoms with Crippen LogP contribution in [0.15, 0.2) is 41.8 Å². The van der Waals surface area contributed by atoms with Crippen LogP contribution in [0.4, 0.5) is 0 Å². The minimum absolute atomic E-state index is 0.0194. The normalized spacial score (nSPS) is 15.6.